The molecule has 22 heavy (non-hydrogen) atoms. The first-order chi connectivity index (χ1) is 10.8. The summed E-state index contributed by atoms with van der Waals surface area (Å²) in [4.78, 5) is 5.78. The monoisotopic (exact) mass is 331 g/mol. The van der Waals surface area contributed by atoms with Crippen molar-refractivity contribution in [2.75, 3.05) is 12.4 Å². The highest BCUT2D eigenvalue weighted by Gasteiger charge is 2.05. The Kier molecular flexibility index (Phi) is 5.13. The van der Waals surface area contributed by atoms with Crippen molar-refractivity contribution < 1.29 is 4.74 Å². The van der Waals surface area contributed by atoms with Crippen molar-refractivity contribution in [1.29, 1.82) is 0 Å². The zero-order valence-corrected chi connectivity index (χ0v) is 13.9. The number of benzene rings is 1. The number of ether oxygens (including phenoxy) is 1. The van der Waals surface area contributed by atoms with Crippen molar-refractivity contribution in [3.05, 3.63) is 58.0 Å². The third kappa shape index (κ3) is 4.35. The average Bonchev–Trinajstić information content (AvgIpc) is 3.18. The van der Waals surface area contributed by atoms with E-state index >= 15 is 0 Å². The molecule has 3 rings (SSSR count). The number of hydrogen-bond donors (Lipinski definition) is 1. The second kappa shape index (κ2) is 7.47. The molecule has 0 unspecified atom stereocenters. The number of thiophene rings is 1. The van der Waals surface area contributed by atoms with Gasteiger partial charge in [-0.1, -0.05) is 35.5 Å². The highest BCUT2D eigenvalue weighted by molar-refractivity contribution is 7.99. The van der Waals surface area contributed by atoms with Crippen molar-refractivity contribution in [2.45, 2.75) is 18.5 Å². The first-order valence-electron chi connectivity index (χ1n) is 7.05. The summed E-state index contributed by atoms with van der Waals surface area (Å²) in [5.74, 6) is 2.63. The molecule has 0 aliphatic rings. The van der Waals surface area contributed by atoms with Crippen molar-refractivity contribution in [1.82, 2.24) is 15.2 Å². The van der Waals surface area contributed by atoms with Gasteiger partial charge < -0.3 is 4.74 Å². The van der Waals surface area contributed by atoms with E-state index in [0.29, 0.717) is 6.61 Å². The number of H-pyrrole nitrogens is 1. The molecule has 3 aromatic rings. The van der Waals surface area contributed by atoms with E-state index < -0.39 is 0 Å². The molecule has 1 aromatic carbocycles. The zero-order chi connectivity index (χ0) is 15.2. The summed E-state index contributed by atoms with van der Waals surface area (Å²) in [5, 5.41) is 10.1. The van der Waals surface area contributed by atoms with Gasteiger partial charge in [0.1, 0.15) is 11.6 Å². The van der Waals surface area contributed by atoms with E-state index in [4.69, 9.17) is 4.74 Å². The molecule has 1 N–H and O–H groups in total. The van der Waals surface area contributed by atoms with Gasteiger partial charge in [0.25, 0.3) is 0 Å². The van der Waals surface area contributed by atoms with Crippen LogP contribution in [0.2, 0.25) is 0 Å². The van der Waals surface area contributed by atoms with Gasteiger partial charge >= 0.3 is 0 Å². The lowest BCUT2D eigenvalue weighted by molar-refractivity contribution is 0.344. The molecule has 6 heteroatoms. The van der Waals surface area contributed by atoms with E-state index in [-0.39, 0.29) is 0 Å². The highest BCUT2D eigenvalue weighted by Crippen LogP contribution is 2.17. The second-order valence-corrected chi connectivity index (χ2v) is 6.93. The van der Waals surface area contributed by atoms with Gasteiger partial charge in [-0.3, -0.25) is 5.10 Å². The molecule has 0 amide bonds. The third-order valence-electron chi connectivity index (χ3n) is 3.04. The van der Waals surface area contributed by atoms with Crippen LogP contribution in [0.4, 0.5) is 0 Å². The lowest BCUT2D eigenvalue weighted by atomic mass is 10.2. The van der Waals surface area contributed by atoms with E-state index in [2.05, 4.69) is 51.8 Å². The van der Waals surface area contributed by atoms with Crippen molar-refractivity contribution in [3.8, 4) is 5.75 Å². The zero-order valence-electron chi connectivity index (χ0n) is 12.3. The number of aromatic nitrogens is 3. The minimum atomic E-state index is 0.641. The lowest BCUT2D eigenvalue weighted by Gasteiger charge is -2.04. The summed E-state index contributed by atoms with van der Waals surface area (Å²) < 4.78 is 5.69. The molecule has 0 bridgehead atoms. The predicted molar refractivity (Wildman–Crippen MR) is 90.9 cm³/mol. The van der Waals surface area contributed by atoms with Gasteiger partial charge in [0.2, 0.25) is 5.16 Å². The Morgan fingerprint density at radius 2 is 2.09 bits per heavy atom. The van der Waals surface area contributed by atoms with E-state index in [0.717, 1.165) is 28.9 Å². The van der Waals surface area contributed by atoms with Gasteiger partial charge in [-0.25, -0.2) is 4.98 Å². The summed E-state index contributed by atoms with van der Waals surface area (Å²) in [5.41, 5.74) is 1.24. The fraction of sp³-hybridized carbons (Fsp3) is 0.250. The van der Waals surface area contributed by atoms with Crippen LogP contribution < -0.4 is 4.74 Å². The SMILES string of the molecule is Cc1ccc(OCCSc2n[nH]c(Cc3cccs3)n2)cc1. The van der Waals surface area contributed by atoms with Gasteiger partial charge in [0.05, 0.1) is 6.61 Å². The summed E-state index contributed by atoms with van der Waals surface area (Å²) in [6, 6.07) is 12.2. The van der Waals surface area contributed by atoms with Crippen LogP contribution in [-0.2, 0) is 6.42 Å². The molecule has 114 valence electrons. The van der Waals surface area contributed by atoms with Gasteiger partial charge in [0.15, 0.2) is 0 Å². The molecular formula is C16H17N3OS2. The van der Waals surface area contributed by atoms with Crippen LogP contribution in [0.3, 0.4) is 0 Å². The minimum absolute atomic E-state index is 0.641. The molecule has 4 nitrogen and oxygen atoms in total. The van der Waals surface area contributed by atoms with Gasteiger partial charge in [0, 0.05) is 17.1 Å². The number of nitrogens with zero attached hydrogens (tertiary/aromatic N) is 2. The number of thioether (sulfide) groups is 1. The van der Waals surface area contributed by atoms with Crippen LogP contribution >= 0.6 is 23.1 Å². The van der Waals surface area contributed by atoms with E-state index in [1.54, 1.807) is 23.1 Å². The molecule has 0 saturated carbocycles. The first kappa shape index (κ1) is 15.1. The standard InChI is InChI=1S/C16H17N3OS2/c1-12-4-6-13(7-5-12)20-8-10-22-16-17-15(18-19-16)11-14-3-2-9-21-14/h2-7,9H,8,10-11H2,1H3,(H,17,18,19). The summed E-state index contributed by atoms with van der Waals surface area (Å²) in [6.07, 6.45) is 0.811. The Bertz CT molecular complexity index is 693. The molecule has 0 fully saturated rings. The Morgan fingerprint density at radius 1 is 1.23 bits per heavy atom. The number of rotatable bonds is 7. The molecule has 0 saturated heterocycles. The Hall–Kier alpha value is -1.79. The number of aryl methyl sites for hydroxylation is 1. The van der Waals surface area contributed by atoms with Crippen LogP contribution in [0, 0.1) is 6.92 Å². The second-order valence-electron chi connectivity index (χ2n) is 4.83. The Labute approximate surface area is 137 Å². The van der Waals surface area contributed by atoms with E-state index in [1.807, 2.05) is 12.1 Å². The third-order valence-corrected chi connectivity index (χ3v) is 4.73. The first-order valence-corrected chi connectivity index (χ1v) is 8.92. The van der Waals surface area contributed by atoms with Gasteiger partial charge in [-0.05, 0) is 30.5 Å². The quantitative estimate of drug-likeness (QED) is 0.526. The maximum Gasteiger partial charge on any atom is 0.208 e. The maximum atomic E-state index is 5.69. The van der Waals surface area contributed by atoms with E-state index in [9.17, 15) is 0 Å². The summed E-state index contributed by atoms with van der Waals surface area (Å²) >= 11 is 3.33. The fourth-order valence-corrected chi connectivity index (χ4v) is 3.27. The highest BCUT2D eigenvalue weighted by atomic mass is 32.2. The van der Waals surface area contributed by atoms with Crippen LogP contribution in [0.25, 0.3) is 0 Å². The van der Waals surface area contributed by atoms with Gasteiger partial charge in [-0.15, -0.1) is 16.4 Å². The summed E-state index contributed by atoms with van der Waals surface area (Å²) in [7, 11) is 0. The van der Waals surface area contributed by atoms with Crippen molar-refractivity contribution in [3.63, 3.8) is 0 Å². The maximum absolute atomic E-state index is 5.69. The van der Waals surface area contributed by atoms with E-state index in [1.165, 1.54) is 10.4 Å². The smallest absolute Gasteiger partial charge is 0.208 e. The van der Waals surface area contributed by atoms with Crippen LogP contribution in [-0.4, -0.2) is 27.5 Å². The lowest BCUT2D eigenvalue weighted by Crippen LogP contribution is -2.00. The summed E-state index contributed by atoms with van der Waals surface area (Å²) in [6.45, 7) is 2.71. The van der Waals surface area contributed by atoms with Gasteiger partial charge in [-0.2, -0.15) is 0 Å². The molecule has 2 aromatic heterocycles. The fourth-order valence-electron chi connectivity index (χ4n) is 1.93. The van der Waals surface area contributed by atoms with Crippen LogP contribution in [0.5, 0.6) is 5.75 Å². The molecule has 0 aliphatic carbocycles. The Balaban J connectivity index is 1.42. The topological polar surface area (TPSA) is 50.8 Å². The van der Waals surface area contributed by atoms with Crippen molar-refractivity contribution >= 4 is 23.1 Å². The minimum Gasteiger partial charge on any atom is -0.493 e. The number of nitrogens with one attached hydrogen (secondary N) is 1. The Morgan fingerprint density at radius 3 is 2.86 bits per heavy atom. The van der Waals surface area contributed by atoms with Crippen LogP contribution in [0.15, 0.2) is 46.9 Å². The largest absolute Gasteiger partial charge is 0.493 e. The molecule has 2 heterocycles. The molecular weight excluding hydrogens is 314 g/mol. The predicted octanol–water partition coefficient (Wildman–Crippen LogP) is 3.94. The molecule has 0 atom stereocenters. The molecule has 0 radical (unpaired) electrons. The normalized spacial score (nSPS) is 10.8. The van der Waals surface area contributed by atoms with Crippen LogP contribution in [0.1, 0.15) is 16.3 Å². The molecule has 0 aliphatic heterocycles. The number of aromatic amines is 1. The number of hydrogen-bond acceptors (Lipinski definition) is 5. The van der Waals surface area contributed by atoms with Crippen molar-refractivity contribution in [2.24, 2.45) is 0 Å². The molecule has 0 spiro atoms. The average molecular weight is 331 g/mol.